The molecule has 2 atom stereocenters. The summed E-state index contributed by atoms with van der Waals surface area (Å²) in [6.45, 7) is 3.78. The number of rotatable bonds is 11. The predicted molar refractivity (Wildman–Crippen MR) is 156 cm³/mol. The Kier molecular flexibility index (Phi) is 9.18. The van der Waals surface area contributed by atoms with E-state index in [-0.39, 0.29) is 18.9 Å². The minimum Gasteiger partial charge on any atom is -0.480 e. The molecule has 0 aromatic heterocycles. The van der Waals surface area contributed by atoms with Gasteiger partial charge in [-0.25, -0.2) is 9.59 Å². The summed E-state index contributed by atoms with van der Waals surface area (Å²) in [4.78, 5) is 28.8. The summed E-state index contributed by atoms with van der Waals surface area (Å²) in [6, 6.07) is 22.4. The smallest absolute Gasteiger partial charge is 0.407 e. The van der Waals surface area contributed by atoms with Crippen LogP contribution in [0.1, 0.15) is 29.0 Å². The summed E-state index contributed by atoms with van der Waals surface area (Å²) in [5.74, 6) is -1.24. The average molecular weight is 560 g/mol. The van der Waals surface area contributed by atoms with E-state index in [1.807, 2.05) is 65.6 Å². The van der Waals surface area contributed by atoms with Gasteiger partial charge in [0.05, 0.1) is 0 Å². The highest BCUT2D eigenvalue weighted by atomic mass is 16.5. The first kappa shape index (κ1) is 28.6. The summed E-state index contributed by atoms with van der Waals surface area (Å²) < 4.78 is 10.7. The van der Waals surface area contributed by atoms with Crippen LogP contribution < -0.4 is 10.2 Å². The summed E-state index contributed by atoms with van der Waals surface area (Å²) in [5.41, 5.74) is 6.06. The lowest BCUT2D eigenvalue weighted by atomic mass is 9.98. The van der Waals surface area contributed by atoms with Crippen molar-refractivity contribution < 1.29 is 29.3 Å². The van der Waals surface area contributed by atoms with Crippen molar-refractivity contribution in [3.05, 3.63) is 89.5 Å². The molecular formula is C32H37N3O6. The predicted octanol–water partition coefficient (Wildman–Crippen LogP) is 3.70. The number of anilines is 1. The number of amides is 1. The molecule has 3 aromatic rings. The second-order valence-electron chi connectivity index (χ2n) is 10.6. The van der Waals surface area contributed by atoms with E-state index in [2.05, 4.69) is 22.3 Å². The Morgan fingerprint density at radius 3 is 2.24 bits per heavy atom. The number of piperazine rings is 1. The molecule has 5 rings (SSSR count). The van der Waals surface area contributed by atoms with Gasteiger partial charge >= 0.3 is 12.1 Å². The van der Waals surface area contributed by atoms with Crippen molar-refractivity contribution in [1.29, 1.82) is 0 Å². The van der Waals surface area contributed by atoms with Crippen LogP contribution in [0.15, 0.2) is 72.8 Å². The second kappa shape index (κ2) is 13.2. The van der Waals surface area contributed by atoms with Crippen LogP contribution in [-0.2, 0) is 20.7 Å². The third-order valence-corrected chi connectivity index (χ3v) is 7.90. The minimum absolute atomic E-state index is 0.105. The minimum atomic E-state index is -1.14. The number of hydrogen-bond donors (Lipinski definition) is 3. The van der Waals surface area contributed by atoms with Gasteiger partial charge in [0.25, 0.3) is 0 Å². The quantitative estimate of drug-likeness (QED) is 0.305. The molecule has 41 heavy (non-hydrogen) atoms. The van der Waals surface area contributed by atoms with E-state index < -0.39 is 24.3 Å². The highest BCUT2D eigenvalue weighted by Crippen LogP contribution is 2.44. The standard InChI is InChI=1S/C32H37N3O6/c1-40-18-6-15-34-16-17-35(30(36)20-34)23-13-11-22(12-14-23)19-29(31(37)38)33-32(39)41-21-28-26-9-4-2-7-24(26)25-8-3-5-10-27(25)28/h2-5,7-14,28-30,36H,6,15-21H2,1H3,(H,33,39)(H,37,38)/t29-,30-/m0/s1. The Morgan fingerprint density at radius 1 is 0.976 bits per heavy atom. The zero-order chi connectivity index (χ0) is 28.8. The van der Waals surface area contributed by atoms with Crippen LogP contribution in [0.5, 0.6) is 0 Å². The maximum Gasteiger partial charge on any atom is 0.407 e. The Balaban J connectivity index is 1.15. The van der Waals surface area contributed by atoms with Gasteiger partial charge < -0.3 is 29.9 Å². The molecule has 0 radical (unpaired) electrons. The number of fused-ring (bicyclic) bond motifs is 3. The molecule has 1 fully saturated rings. The number of carbonyl (C=O) groups excluding carboxylic acids is 1. The number of carboxylic acids is 1. The number of alkyl carbamates (subject to hydrolysis) is 1. The Bertz CT molecular complexity index is 1300. The molecule has 0 saturated carbocycles. The molecule has 1 amide bonds. The monoisotopic (exact) mass is 559 g/mol. The molecule has 0 spiro atoms. The summed E-state index contributed by atoms with van der Waals surface area (Å²) >= 11 is 0. The summed E-state index contributed by atoms with van der Waals surface area (Å²) in [7, 11) is 1.69. The van der Waals surface area contributed by atoms with E-state index in [1.54, 1.807) is 7.11 Å². The molecule has 2 aliphatic rings. The maximum atomic E-state index is 12.7. The van der Waals surface area contributed by atoms with Crippen molar-refractivity contribution in [3.63, 3.8) is 0 Å². The zero-order valence-corrected chi connectivity index (χ0v) is 23.2. The lowest BCUT2D eigenvalue weighted by Crippen LogP contribution is -2.53. The first-order valence-corrected chi connectivity index (χ1v) is 14.0. The van der Waals surface area contributed by atoms with Crippen LogP contribution in [0.2, 0.25) is 0 Å². The van der Waals surface area contributed by atoms with Gasteiger partial charge in [0.2, 0.25) is 0 Å². The fourth-order valence-electron chi connectivity index (χ4n) is 5.80. The van der Waals surface area contributed by atoms with Gasteiger partial charge in [-0.1, -0.05) is 60.7 Å². The molecule has 9 nitrogen and oxygen atoms in total. The van der Waals surface area contributed by atoms with Gasteiger partial charge in [0.15, 0.2) is 0 Å². The van der Waals surface area contributed by atoms with E-state index in [4.69, 9.17) is 9.47 Å². The first-order valence-electron chi connectivity index (χ1n) is 14.0. The Labute approximate surface area is 240 Å². The normalized spacial score (nSPS) is 17.5. The average Bonchev–Trinajstić information content (AvgIpc) is 3.30. The van der Waals surface area contributed by atoms with Crippen LogP contribution in [0.25, 0.3) is 11.1 Å². The number of ether oxygens (including phenoxy) is 2. The van der Waals surface area contributed by atoms with Crippen molar-refractivity contribution in [2.24, 2.45) is 0 Å². The van der Waals surface area contributed by atoms with E-state index >= 15 is 0 Å². The van der Waals surface area contributed by atoms with Gasteiger partial charge in [-0.2, -0.15) is 0 Å². The summed E-state index contributed by atoms with van der Waals surface area (Å²) in [5, 5.41) is 23.0. The van der Waals surface area contributed by atoms with E-state index in [0.717, 1.165) is 53.0 Å². The summed E-state index contributed by atoms with van der Waals surface area (Å²) in [6.07, 6.45) is -0.357. The SMILES string of the molecule is COCCCN1CCN(c2ccc(C[C@H](NC(=O)OCC3c4ccccc4-c4ccccc43)C(=O)O)cc2)[C@@H](O)C1. The number of carboxylic acid groups (broad SMARTS) is 1. The lowest BCUT2D eigenvalue weighted by Gasteiger charge is -2.40. The van der Waals surface area contributed by atoms with Crippen LogP contribution in [0.3, 0.4) is 0 Å². The molecule has 0 unspecified atom stereocenters. The zero-order valence-electron chi connectivity index (χ0n) is 23.2. The number of methoxy groups -OCH3 is 1. The molecule has 1 aliphatic heterocycles. The molecular weight excluding hydrogens is 522 g/mol. The molecule has 9 heteroatoms. The van der Waals surface area contributed by atoms with Gasteiger partial charge in [0.1, 0.15) is 18.9 Å². The van der Waals surface area contributed by atoms with Gasteiger partial charge in [-0.3, -0.25) is 4.90 Å². The molecule has 0 bridgehead atoms. The number of aliphatic hydroxyl groups excluding tert-OH is 1. The van der Waals surface area contributed by atoms with Crippen LogP contribution in [0, 0.1) is 0 Å². The van der Waals surface area contributed by atoms with Crippen LogP contribution in [0.4, 0.5) is 10.5 Å². The second-order valence-corrected chi connectivity index (χ2v) is 10.6. The molecule has 1 saturated heterocycles. The maximum absolute atomic E-state index is 12.7. The van der Waals surface area contributed by atoms with E-state index in [0.29, 0.717) is 19.7 Å². The van der Waals surface area contributed by atoms with E-state index in [1.165, 1.54) is 0 Å². The number of nitrogens with zero attached hydrogens (tertiary/aromatic N) is 2. The number of benzene rings is 3. The fraction of sp³-hybridized carbons (Fsp3) is 0.375. The van der Waals surface area contributed by atoms with Crippen LogP contribution in [-0.4, -0.2) is 85.9 Å². The molecule has 3 N–H and O–H groups in total. The largest absolute Gasteiger partial charge is 0.480 e. The topological polar surface area (TPSA) is 112 Å². The number of aliphatic hydroxyl groups is 1. The van der Waals surface area contributed by atoms with Gasteiger partial charge in [0, 0.05) is 57.9 Å². The van der Waals surface area contributed by atoms with Crippen LogP contribution >= 0.6 is 0 Å². The van der Waals surface area contributed by atoms with Crippen molar-refractivity contribution >= 4 is 17.7 Å². The fourth-order valence-corrected chi connectivity index (χ4v) is 5.80. The van der Waals surface area contributed by atoms with E-state index in [9.17, 15) is 19.8 Å². The Morgan fingerprint density at radius 2 is 1.63 bits per heavy atom. The third-order valence-electron chi connectivity index (χ3n) is 7.90. The Hall–Kier alpha value is -3.92. The number of carbonyl (C=O) groups is 2. The molecule has 1 aliphatic carbocycles. The highest BCUT2D eigenvalue weighted by molar-refractivity contribution is 5.81. The number of nitrogens with one attached hydrogen (secondary N) is 1. The molecule has 3 aromatic carbocycles. The van der Waals surface area contributed by atoms with Crippen molar-refractivity contribution in [2.75, 3.05) is 51.4 Å². The number of aliphatic carboxylic acids is 1. The van der Waals surface area contributed by atoms with Gasteiger partial charge in [-0.15, -0.1) is 0 Å². The molecule has 1 heterocycles. The van der Waals surface area contributed by atoms with Gasteiger partial charge in [-0.05, 0) is 46.4 Å². The molecule has 216 valence electrons. The highest BCUT2D eigenvalue weighted by Gasteiger charge is 2.30. The number of hydrogen-bond acceptors (Lipinski definition) is 7. The third kappa shape index (κ3) is 6.70. The van der Waals surface area contributed by atoms with Crippen molar-refractivity contribution in [3.8, 4) is 11.1 Å². The van der Waals surface area contributed by atoms with Crippen molar-refractivity contribution in [1.82, 2.24) is 10.2 Å². The van der Waals surface area contributed by atoms with Crippen molar-refractivity contribution in [2.45, 2.75) is 31.0 Å². The first-order chi connectivity index (χ1) is 19.9. The lowest BCUT2D eigenvalue weighted by molar-refractivity contribution is -0.139. The number of β-amino-alcohol motifs (C(OH)–C–C–N with tert-alkyl or cyclic N) is 1.